The van der Waals surface area contributed by atoms with Gasteiger partial charge in [-0.25, -0.2) is 4.39 Å². The number of rotatable bonds is 33. The number of hydrogen-bond acceptors (Lipinski definition) is 14. The fourth-order valence-electron chi connectivity index (χ4n) is 12.0. The van der Waals surface area contributed by atoms with Gasteiger partial charge in [0, 0.05) is 86.4 Å². The Morgan fingerprint density at radius 3 is 1.62 bits per heavy atom. The van der Waals surface area contributed by atoms with Crippen LogP contribution in [0.15, 0.2) is 127 Å². The first-order valence-corrected chi connectivity index (χ1v) is 32.6. The van der Waals surface area contributed by atoms with Gasteiger partial charge in [0.1, 0.15) is 65.9 Å². The number of carbonyl (C=O) groups excluding carboxylic acids is 11. The number of likely N-dealkylation sites (tertiary alicyclic amines) is 1. The number of amides is 11. The molecule has 9 unspecified atom stereocenters. The molecule has 30 heteroatoms. The maximum absolute atomic E-state index is 15.2. The summed E-state index contributed by atoms with van der Waals surface area (Å²) < 4.78 is 14.2. The van der Waals surface area contributed by atoms with E-state index >= 15 is 9.59 Å². The van der Waals surface area contributed by atoms with Crippen molar-refractivity contribution in [3.63, 3.8) is 0 Å². The third kappa shape index (κ3) is 20.4. The molecule has 11 amide bonds. The lowest BCUT2D eigenvalue weighted by Crippen LogP contribution is -2.61. The maximum Gasteiger partial charge on any atom is 0.247 e. The van der Waals surface area contributed by atoms with Crippen LogP contribution in [0.5, 0.6) is 5.75 Å². The van der Waals surface area contributed by atoms with E-state index in [1.165, 1.54) is 71.3 Å². The summed E-state index contributed by atoms with van der Waals surface area (Å²) in [6.07, 6.45) is 6.29. The van der Waals surface area contributed by atoms with E-state index in [9.17, 15) is 57.8 Å². The molecule has 0 radical (unpaired) electrons. The predicted octanol–water partition coefficient (Wildman–Crippen LogP) is -0.371. The van der Waals surface area contributed by atoms with Crippen LogP contribution in [0.4, 0.5) is 4.39 Å². The van der Waals surface area contributed by atoms with Crippen LogP contribution >= 0.6 is 0 Å². The molecule has 2 aromatic heterocycles. The number of aromatic nitrogens is 2. The van der Waals surface area contributed by atoms with Gasteiger partial charge in [0.15, 0.2) is 5.96 Å². The zero-order valence-corrected chi connectivity index (χ0v) is 55.1. The van der Waals surface area contributed by atoms with Gasteiger partial charge >= 0.3 is 0 Å². The Kier molecular flexibility index (Phi) is 25.8. The van der Waals surface area contributed by atoms with Gasteiger partial charge in [-0.3, -0.25) is 57.7 Å². The second-order valence-electron chi connectivity index (χ2n) is 24.9. The maximum atomic E-state index is 15.2. The summed E-state index contributed by atoms with van der Waals surface area (Å²) in [7, 11) is 0. The Labute approximate surface area is 569 Å². The monoisotopic (exact) mass is 1360 g/mol. The summed E-state index contributed by atoms with van der Waals surface area (Å²) in [5.74, 6) is -9.97. The highest BCUT2D eigenvalue weighted by Crippen LogP contribution is 2.24. The van der Waals surface area contributed by atoms with Crippen LogP contribution in [0.25, 0.3) is 21.8 Å². The van der Waals surface area contributed by atoms with E-state index in [0.717, 1.165) is 0 Å². The topological polar surface area (TPSA) is 453 Å². The molecule has 18 N–H and O–H groups in total. The van der Waals surface area contributed by atoms with Crippen LogP contribution in [0.3, 0.4) is 0 Å². The minimum absolute atomic E-state index is 0.00861. The average molecular weight is 1370 g/mol. The molecule has 2 aliphatic rings. The highest BCUT2D eigenvalue weighted by molar-refractivity contribution is 6.00. The summed E-state index contributed by atoms with van der Waals surface area (Å²) in [5.41, 5.74) is 19.7. The average Bonchev–Trinajstić information content (AvgIpc) is 1.76. The molecule has 99 heavy (non-hydrogen) atoms. The van der Waals surface area contributed by atoms with Crippen molar-refractivity contribution in [2.75, 3.05) is 32.8 Å². The van der Waals surface area contributed by atoms with Crippen molar-refractivity contribution in [3.8, 4) is 5.75 Å². The Bertz CT molecular complexity index is 3960. The van der Waals surface area contributed by atoms with Crippen molar-refractivity contribution in [1.29, 1.82) is 0 Å². The molecule has 4 heterocycles. The van der Waals surface area contributed by atoms with Gasteiger partial charge < -0.3 is 89.7 Å². The summed E-state index contributed by atoms with van der Waals surface area (Å²) in [4.78, 5) is 168. The number of benzene rings is 4. The van der Waals surface area contributed by atoms with E-state index in [1.54, 1.807) is 80.8 Å². The summed E-state index contributed by atoms with van der Waals surface area (Å²) in [6, 6.07) is 12.4. The molecule has 6 aromatic rings. The van der Waals surface area contributed by atoms with Gasteiger partial charge in [0.25, 0.3) is 0 Å². The molecule has 526 valence electrons. The lowest BCUT2D eigenvalue weighted by molar-refractivity contribution is -0.142. The van der Waals surface area contributed by atoms with Crippen molar-refractivity contribution in [2.45, 2.75) is 133 Å². The smallest absolute Gasteiger partial charge is 0.247 e. The summed E-state index contributed by atoms with van der Waals surface area (Å²) >= 11 is 0. The van der Waals surface area contributed by atoms with Crippen LogP contribution < -0.4 is 59.7 Å². The molecule has 2 aliphatic heterocycles. The van der Waals surface area contributed by atoms with Gasteiger partial charge in [-0.05, 0) is 96.7 Å². The number of nitrogens with two attached hydrogens (primary N) is 3. The van der Waals surface area contributed by atoms with Crippen molar-refractivity contribution < 1.29 is 67.3 Å². The zero-order chi connectivity index (χ0) is 71.4. The number of phenolic OH excluding ortho intramolecular Hbond substituents is 1. The molecule has 0 aliphatic carbocycles. The van der Waals surface area contributed by atoms with E-state index in [1.807, 2.05) is 0 Å². The van der Waals surface area contributed by atoms with E-state index < -0.39 is 138 Å². The van der Waals surface area contributed by atoms with Crippen molar-refractivity contribution in [2.24, 2.45) is 28.1 Å². The van der Waals surface area contributed by atoms with E-state index in [2.05, 4.69) is 57.5 Å². The van der Waals surface area contributed by atoms with Gasteiger partial charge in [0.05, 0.1) is 13.2 Å². The van der Waals surface area contributed by atoms with Crippen molar-refractivity contribution in [3.05, 3.63) is 150 Å². The van der Waals surface area contributed by atoms with Gasteiger partial charge in [-0.15, -0.1) is 0 Å². The van der Waals surface area contributed by atoms with Crippen LogP contribution in [0.1, 0.15) is 75.1 Å². The van der Waals surface area contributed by atoms with Crippen LogP contribution in [0, 0.1) is 11.7 Å². The number of phenols is 1. The highest BCUT2D eigenvalue weighted by atomic mass is 19.1. The molecule has 0 saturated carbocycles. The second-order valence-corrected chi connectivity index (χ2v) is 24.9. The van der Waals surface area contributed by atoms with E-state index in [0.29, 0.717) is 50.5 Å². The third-order valence-electron chi connectivity index (χ3n) is 17.1. The minimum atomic E-state index is -1.84. The third-order valence-corrected chi connectivity index (χ3v) is 17.1. The quantitative estimate of drug-likeness (QED) is 0.0108. The molecule has 1 fully saturated rings. The predicted molar refractivity (Wildman–Crippen MR) is 363 cm³/mol. The number of hydrogen-bond donors (Lipinski definition) is 15. The minimum Gasteiger partial charge on any atom is -0.508 e. The zero-order valence-electron chi connectivity index (χ0n) is 55.1. The number of nitrogens with zero attached hydrogens (tertiary/aromatic N) is 3. The molecule has 29 nitrogen and oxygen atoms in total. The molecule has 0 spiro atoms. The lowest BCUT2D eigenvalue weighted by Gasteiger charge is -2.30. The number of aliphatic hydroxyl groups excluding tert-OH is 1. The molecule has 4 aromatic carbocycles. The number of aromatic hydroxyl groups is 1. The Balaban J connectivity index is 1.06. The molecule has 0 bridgehead atoms. The number of para-hydroxylation sites is 2. The number of carbonyl (C=O) groups is 11. The Morgan fingerprint density at radius 2 is 1.09 bits per heavy atom. The first-order chi connectivity index (χ1) is 47.3. The van der Waals surface area contributed by atoms with Gasteiger partial charge in [-0.1, -0.05) is 86.7 Å². The van der Waals surface area contributed by atoms with Crippen molar-refractivity contribution >= 4 is 92.7 Å². The second kappa shape index (κ2) is 34.7. The van der Waals surface area contributed by atoms with Crippen LogP contribution in [-0.2, 0) is 78.4 Å². The molecular weight excluding hydrogens is 1280 g/mol. The number of primary amides is 1. The molecular formula is C69H85FN16O13. The lowest BCUT2D eigenvalue weighted by atomic mass is 9.99. The Hall–Kier alpha value is -11.2. The normalized spacial score (nSPS) is 16.3. The van der Waals surface area contributed by atoms with Crippen LogP contribution in [0.2, 0.25) is 0 Å². The standard InChI is InChI=1S/C69H85FN16O13/c1-38(2)29-51(60(91)78-50(15-8-26-74-69(72)73)68(99)86-28-10-16-57(86)66(97)77-36-59(71)90)79-63(94)54(32-42-34-75-48-13-6-4-11-46(42)48)81-61(92)52(31-41-20-24-45(89)25-21-41)80-65(96)56(37-87)84-64(95)55(33-43-35-76-49-14-7-5-12-47(43)49)82-62(93)53(30-40-18-22-44(70)23-19-40)83-67(98)58-17-9-27-85(58)39(3)88/h4-7,9,11-14,17-25,34-35,38,50-58,75-76,87,89H,8,10,15-16,26-33,36-37H2,1-3H3,(H2,71,90)(H,77,97)(H,78,91)(H,79,94)(H,80,96)(H,81,92)(H,82,93)(H,83,98)(H,84,95)(H4,72,73,74). The first-order valence-electron chi connectivity index (χ1n) is 32.6. The van der Waals surface area contributed by atoms with Gasteiger partial charge in [0.2, 0.25) is 65.0 Å². The van der Waals surface area contributed by atoms with E-state index in [4.69, 9.17) is 17.2 Å². The molecule has 8 rings (SSSR count). The number of halogens is 1. The number of H-pyrrole nitrogens is 2. The number of nitrogens with one attached hydrogen (secondary N) is 10. The Morgan fingerprint density at radius 1 is 0.606 bits per heavy atom. The SMILES string of the molecule is CC(=O)N1CC=CC1C(=O)NC(Cc1ccc(F)cc1)C(=O)NC(Cc1c[nH]c2ccccc12)C(=O)NC(CO)C(=O)NC(Cc1ccc(O)cc1)C(=O)NC(Cc1c[nH]c2ccccc12)C(=O)NC(CC(C)C)C(=O)NC(CCCN=C(N)N)C(=O)N1CCCC1C(=O)NCC(N)=O. The van der Waals surface area contributed by atoms with Gasteiger partial charge in [-0.2, -0.15) is 0 Å². The van der Waals surface area contributed by atoms with E-state index in [-0.39, 0.29) is 88.6 Å². The van der Waals surface area contributed by atoms with Crippen LogP contribution in [-0.4, -0.2) is 188 Å². The number of aliphatic imine (C=N–C) groups is 1. The first kappa shape index (κ1) is 73.6. The number of guanidine groups is 1. The number of fused-ring (bicyclic) bond motifs is 2. The molecule has 1 saturated heterocycles. The summed E-state index contributed by atoms with van der Waals surface area (Å²) in [5, 5.41) is 44.0. The fraction of sp³-hybridized carbons (Fsp3) is 0.391. The number of aromatic amines is 2. The molecule has 9 atom stereocenters. The summed E-state index contributed by atoms with van der Waals surface area (Å²) in [6.45, 7) is 3.69. The highest BCUT2D eigenvalue weighted by Gasteiger charge is 2.40. The fourth-order valence-corrected chi connectivity index (χ4v) is 12.0. The van der Waals surface area contributed by atoms with Crippen molar-refractivity contribution in [1.82, 2.24) is 62.3 Å². The number of aliphatic hydroxyl groups is 1. The largest absolute Gasteiger partial charge is 0.508 e.